The lowest BCUT2D eigenvalue weighted by molar-refractivity contribution is -0.211. The van der Waals surface area contributed by atoms with Gasteiger partial charge >= 0.3 is 0 Å². The van der Waals surface area contributed by atoms with Gasteiger partial charge in [-0.25, -0.2) is 0 Å². The van der Waals surface area contributed by atoms with Gasteiger partial charge in [0.2, 0.25) is 0 Å². The molecule has 0 aromatic carbocycles. The maximum absolute atomic E-state index is 10.0. The number of epoxide rings is 1. The first kappa shape index (κ1) is 9.15. The Morgan fingerprint density at radius 1 is 1.54 bits per heavy atom. The molecule has 0 aromatic rings. The van der Waals surface area contributed by atoms with Crippen LogP contribution in [0.3, 0.4) is 0 Å². The van der Waals surface area contributed by atoms with Gasteiger partial charge < -0.3 is 19.3 Å². The van der Waals surface area contributed by atoms with Crippen LogP contribution in [0.15, 0.2) is 12.7 Å². The van der Waals surface area contributed by atoms with Gasteiger partial charge in [0.1, 0.15) is 17.8 Å². The summed E-state index contributed by atoms with van der Waals surface area (Å²) in [5.74, 6) is 0. The van der Waals surface area contributed by atoms with E-state index in [0.717, 1.165) is 0 Å². The highest BCUT2D eigenvalue weighted by molar-refractivity contribution is 5.17. The zero-order valence-electron chi connectivity index (χ0n) is 7.77. The van der Waals surface area contributed by atoms with Gasteiger partial charge in [-0.1, -0.05) is 6.08 Å². The van der Waals surface area contributed by atoms with Crippen molar-refractivity contribution >= 4 is 0 Å². The smallest absolute Gasteiger partial charge is 0.186 e. The summed E-state index contributed by atoms with van der Waals surface area (Å²) in [6, 6.07) is 0. The second-order valence-electron chi connectivity index (χ2n) is 3.50. The molecule has 0 radical (unpaired) electrons. The molecule has 0 bridgehead atoms. The molecule has 0 amide bonds. The van der Waals surface area contributed by atoms with E-state index in [4.69, 9.17) is 14.2 Å². The minimum atomic E-state index is -1.07. The highest BCUT2D eigenvalue weighted by Crippen LogP contribution is 2.44. The van der Waals surface area contributed by atoms with Crippen LogP contribution in [-0.2, 0) is 14.2 Å². The van der Waals surface area contributed by atoms with Crippen molar-refractivity contribution in [2.24, 2.45) is 0 Å². The van der Waals surface area contributed by atoms with E-state index in [9.17, 15) is 5.11 Å². The first-order chi connectivity index (χ1) is 6.13. The van der Waals surface area contributed by atoms with Gasteiger partial charge in [0.25, 0.3) is 0 Å². The summed E-state index contributed by atoms with van der Waals surface area (Å²) < 4.78 is 15.8. The molecule has 2 aliphatic rings. The predicted octanol–water partition coefficient (Wildman–Crippen LogP) is 0.0621. The molecule has 2 rings (SSSR count). The van der Waals surface area contributed by atoms with Crippen molar-refractivity contribution in [3.05, 3.63) is 12.7 Å². The SMILES string of the molecule is C=C[C@]1(O)[C@@H](C)O[C@H](OC)[C@@H]2O[C@@H]21. The average molecular weight is 186 g/mol. The number of hydrogen-bond acceptors (Lipinski definition) is 4. The van der Waals surface area contributed by atoms with Crippen LogP contribution in [0.2, 0.25) is 0 Å². The summed E-state index contributed by atoms with van der Waals surface area (Å²) in [6.07, 6.45) is 0.399. The van der Waals surface area contributed by atoms with Crippen molar-refractivity contribution in [3.8, 4) is 0 Å². The van der Waals surface area contributed by atoms with E-state index in [-0.39, 0.29) is 24.6 Å². The molecule has 0 aromatic heterocycles. The standard InChI is InChI=1S/C9H14O4/c1-4-9(10)5(2)12-8(11-3)6-7(9)13-6/h4-8,10H,1H2,2-3H3/t5-,6-,7+,8+,9+/m1/s1. The summed E-state index contributed by atoms with van der Waals surface area (Å²) in [7, 11) is 1.56. The Bertz CT molecular complexity index is 226. The van der Waals surface area contributed by atoms with Crippen molar-refractivity contribution in [1.29, 1.82) is 0 Å². The van der Waals surface area contributed by atoms with Gasteiger partial charge in [0.05, 0.1) is 6.10 Å². The third-order valence-corrected chi connectivity index (χ3v) is 2.80. The lowest BCUT2D eigenvalue weighted by Crippen LogP contribution is -2.53. The number of rotatable bonds is 2. The quantitative estimate of drug-likeness (QED) is 0.489. The van der Waals surface area contributed by atoms with E-state index >= 15 is 0 Å². The number of hydrogen-bond donors (Lipinski definition) is 1. The highest BCUT2D eigenvalue weighted by Gasteiger charge is 2.63. The molecule has 2 aliphatic heterocycles. The molecule has 4 heteroatoms. The second kappa shape index (κ2) is 2.78. The molecule has 0 spiro atoms. The van der Waals surface area contributed by atoms with Crippen LogP contribution in [0.25, 0.3) is 0 Å². The number of ether oxygens (including phenoxy) is 3. The average Bonchev–Trinajstić information content (AvgIpc) is 2.91. The van der Waals surface area contributed by atoms with Crippen molar-refractivity contribution in [2.45, 2.75) is 37.1 Å². The summed E-state index contributed by atoms with van der Waals surface area (Å²) in [4.78, 5) is 0. The predicted molar refractivity (Wildman–Crippen MR) is 45.2 cm³/mol. The topological polar surface area (TPSA) is 51.2 Å². The number of methoxy groups -OCH3 is 1. The normalized spacial score (nSPS) is 54.1. The Morgan fingerprint density at radius 3 is 2.77 bits per heavy atom. The summed E-state index contributed by atoms with van der Waals surface area (Å²) in [5.41, 5.74) is -1.07. The fourth-order valence-electron chi connectivity index (χ4n) is 1.79. The minimum absolute atomic E-state index is 0.149. The van der Waals surface area contributed by atoms with E-state index in [0.29, 0.717) is 0 Å². The van der Waals surface area contributed by atoms with Crippen LogP contribution in [0, 0.1) is 0 Å². The first-order valence-electron chi connectivity index (χ1n) is 4.33. The zero-order valence-corrected chi connectivity index (χ0v) is 7.77. The summed E-state index contributed by atoms with van der Waals surface area (Å²) in [5, 5.41) is 10.0. The fourth-order valence-corrected chi connectivity index (χ4v) is 1.79. The molecular formula is C9H14O4. The Kier molecular flexibility index (Phi) is 1.96. The Morgan fingerprint density at radius 2 is 2.23 bits per heavy atom. The second-order valence-corrected chi connectivity index (χ2v) is 3.50. The molecule has 2 heterocycles. The van der Waals surface area contributed by atoms with Gasteiger partial charge in [-0.2, -0.15) is 0 Å². The third kappa shape index (κ3) is 1.14. The monoisotopic (exact) mass is 186 g/mol. The molecule has 13 heavy (non-hydrogen) atoms. The van der Waals surface area contributed by atoms with Crippen molar-refractivity contribution < 1.29 is 19.3 Å². The molecular weight excluding hydrogens is 172 g/mol. The molecule has 5 atom stereocenters. The molecule has 4 nitrogen and oxygen atoms in total. The molecule has 0 aliphatic carbocycles. The van der Waals surface area contributed by atoms with Crippen molar-refractivity contribution in [2.75, 3.05) is 7.11 Å². The number of fused-ring (bicyclic) bond motifs is 1. The number of aliphatic hydroxyl groups is 1. The van der Waals surface area contributed by atoms with Gasteiger partial charge in [0, 0.05) is 7.11 Å². The molecule has 0 saturated carbocycles. The van der Waals surface area contributed by atoms with Crippen LogP contribution in [0.1, 0.15) is 6.92 Å². The van der Waals surface area contributed by atoms with Crippen molar-refractivity contribution in [1.82, 2.24) is 0 Å². The summed E-state index contributed by atoms with van der Waals surface area (Å²) >= 11 is 0. The minimum Gasteiger partial charge on any atom is -0.380 e. The lowest BCUT2D eigenvalue weighted by Gasteiger charge is -2.35. The van der Waals surface area contributed by atoms with Crippen LogP contribution >= 0.6 is 0 Å². The third-order valence-electron chi connectivity index (χ3n) is 2.80. The maximum Gasteiger partial charge on any atom is 0.186 e. The lowest BCUT2D eigenvalue weighted by atomic mass is 9.89. The first-order valence-corrected chi connectivity index (χ1v) is 4.33. The van der Waals surface area contributed by atoms with Gasteiger partial charge in [-0.05, 0) is 6.92 Å². The maximum atomic E-state index is 10.0. The van der Waals surface area contributed by atoms with E-state index in [2.05, 4.69) is 6.58 Å². The molecule has 74 valence electrons. The van der Waals surface area contributed by atoms with Crippen LogP contribution in [-0.4, -0.2) is 42.4 Å². The van der Waals surface area contributed by atoms with E-state index in [1.807, 2.05) is 0 Å². The van der Waals surface area contributed by atoms with E-state index < -0.39 is 5.60 Å². The van der Waals surface area contributed by atoms with E-state index in [1.54, 1.807) is 14.0 Å². The highest BCUT2D eigenvalue weighted by atomic mass is 16.7. The fraction of sp³-hybridized carbons (Fsp3) is 0.778. The van der Waals surface area contributed by atoms with Gasteiger partial charge in [0.15, 0.2) is 6.29 Å². The van der Waals surface area contributed by atoms with Crippen LogP contribution in [0.5, 0.6) is 0 Å². The van der Waals surface area contributed by atoms with Crippen LogP contribution in [0.4, 0.5) is 0 Å². The Hall–Kier alpha value is -0.420. The summed E-state index contributed by atoms with van der Waals surface area (Å²) in [6.45, 7) is 5.37. The van der Waals surface area contributed by atoms with Gasteiger partial charge in [-0.15, -0.1) is 6.58 Å². The van der Waals surface area contributed by atoms with Crippen molar-refractivity contribution in [3.63, 3.8) is 0 Å². The van der Waals surface area contributed by atoms with Gasteiger partial charge in [-0.3, -0.25) is 0 Å². The Balaban J connectivity index is 2.16. The Labute approximate surface area is 77.1 Å². The largest absolute Gasteiger partial charge is 0.380 e. The van der Waals surface area contributed by atoms with E-state index in [1.165, 1.54) is 6.08 Å². The molecule has 1 N–H and O–H groups in total. The van der Waals surface area contributed by atoms with Crippen LogP contribution < -0.4 is 0 Å². The molecule has 2 saturated heterocycles. The molecule has 0 unspecified atom stereocenters. The molecule has 2 fully saturated rings. The zero-order chi connectivity index (χ0) is 9.64.